The number of nitrogens with one attached hydrogen (secondary N) is 1. The molecule has 0 unspecified atom stereocenters. The lowest BCUT2D eigenvalue weighted by molar-refractivity contribution is -0.142. The van der Waals surface area contributed by atoms with Gasteiger partial charge in [-0.2, -0.15) is 0 Å². The normalized spacial score (nSPS) is 11.5. The van der Waals surface area contributed by atoms with Gasteiger partial charge in [0.1, 0.15) is 11.8 Å². The van der Waals surface area contributed by atoms with Crippen molar-refractivity contribution in [3.8, 4) is 5.75 Å². The maximum absolute atomic E-state index is 13.5. The van der Waals surface area contributed by atoms with Crippen LogP contribution in [0.5, 0.6) is 5.75 Å². The molecule has 2 amide bonds. The average Bonchev–Trinajstić information content (AvgIpc) is 2.85. The van der Waals surface area contributed by atoms with Gasteiger partial charge in [-0.05, 0) is 47.9 Å². The van der Waals surface area contributed by atoms with Gasteiger partial charge in [0, 0.05) is 34.6 Å². The van der Waals surface area contributed by atoms with E-state index < -0.39 is 6.04 Å². The molecule has 0 spiro atoms. The molecular formula is C27H27Cl3N2O3. The highest BCUT2D eigenvalue weighted by Gasteiger charge is 2.31. The fraction of sp³-hybridized carbons (Fsp3) is 0.259. The van der Waals surface area contributed by atoms with E-state index in [9.17, 15) is 9.59 Å². The zero-order valence-corrected chi connectivity index (χ0v) is 21.6. The number of carbonyl (C=O) groups is 2. The summed E-state index contributed by atoms with van der Waals surface area (Å²) in [6, 6.07) is 20.7. The molecule has 8 heteroatoms. The van der Waals surface area contributed by atoms with Crippen molar-refractivity contribution in [2.75, 3.05) is 13.2 Å². The lowest BCUT2D eigenvalue weighted by Crippen LogP contribution is -2.51. The van der Waals surface area contributed by atoms with Crippen LogP contribution in [-0.4, -0.2) is 35.9 Å². The Morgan fingerprint density at radius 1 is 0.943 bits per heavy atom. The molecule has 1 N–H and O–H groups in total. The number of hydrogen-bond donors (Lipinski definition) is 1. The van der Waals surface area contributed by atoms with Gasteiger partial charge in [-0.3, -0.25) is 9.59 Å². The molecule has 0 heterocycles. The summed E-state index contributed by atoms with van der Waals surface area (Å²) < 4.78 is 5.72. The van der Waals surface area contributed by atoms with Crippen molar-refractivity contribution in [2.45, 2.75) is 32.4 Å². The Bertz CT molecular complexity index is 1140. The molecule has 0 saturated carbocycles. The van der Waals surface area contributed by atoms with E-state index in [1.165, 1.54) is 4.90 Å². The van der Waals surface area contributed by atoms with Gasteiger partial charge < -0.3 is 15.0 Å². The number of rotatable bonds is 11. The Morgan fingerprint density at radius 3 is 2.37 bits per heavy atom. The summed E-state index contributed by atoms with van der Waals surface area (Å²) >= 11 is 18.5. The van der Waals surface area contributed by atoms with E-state index in [1.54, 1.807) is 42.5 Å². The zero-order valence-electron chi connectivity index (χ0n) is 19.3. The maximum Gasteiger partial charge on any atom is 0.261 e. The molecule has 0 bridgehead atoms. The number of hydrogen-bond acceptors (Lipinski definition) is 3. The zero-order chi connectivity index (χ0) is 25.2. The fourth-order valence-electron chi connectivity index (χ4n) is 3.54. The minimum atomic E-state index is -0.772. The second-order valence-electron chi connectivity index (χ2n) is 8.00. The van der Waals surface area contributed by atoms with Gasteiger partial charge in [-0.1, -0.05) is 84.2 Å². The monoisotopic (exact) mass is 532 g/mol. The molecule has 0 aliphatic carbocycles. The summed E-state index contributed by atoms with van der Waals surface area (Å²) in [7, 11) is 0. The van der Waals surface area contributed by atoms with E-state index in [0.29, 0.717) is 39.3 Å². The number of carbonyl (C=O) groups excluding carboxylic acids is 2. The Morgan fingerprint density at radius 2 is 1.69 bits per heavy atom. The Balaban J connectivity index is 1.92. The molecule has 35 heavy (non-hydrogen) atoms. The number of ether oxygens (including phenoxy) is 1. The predicted octanol–water partition coefficient (Wildman–Crippen LogP) is 6.19. The largest absolute Gasteiger partial charge is 0.484 e. The predicted molar refractivity (Wildman–Crippen MR) is 141 cm³/mol. The van der Waals surface area contributed by atoms with Gasteiger partial charge in [0.15, 0.2) is 6.61 Å². The van der Waals surface area contributed by atoms with E-state index in [2.05, 4.69) is 5.32 Å². The summed E-state index contributed by atoms with van der Waals surface area (Å²) in [5, 5.41) is 4.34. The molecule has 184 valence electrons. The summed E-state index contributed by atoms with van der Waals surface area (Å²) in [5.74, 6) is -0.133. The van der Waals surface area contributed by atoms with Crippen LogP contribution in [0.4, 0.5) is 0 Å². The molecule has 0 fully saturated rings. The van der Waals surface area contributed by atoms with Gasteiger partial charge in [-0.15, -0.1) is 0 Å². The first-order valence-electron chi connectivity index (χ1n) is 11.3. The molecule has 1 atom stereocenters. The summed E-state index contributed by atoms with van der Waals surface area (Å²) in [6.07, 6.45) is 1.11. The molecule has 3 aromatic rings. The Labute approximate surface area is 220 Å². The van der Waals surface area contributed by atoms with Gasteiger partial charge in [0.25, 0.3) is 5.91 Å². The third kappa shape index (κ3) is 8.17. The summed E-state index contributed by atoms with van der Waals surface area (Å²) in [6.45, 7) is 2.33. The first kappa shape index (κ1) is 26.9. The van der Waals surface area contributed by atoms with Crippen LogP contribution in [0.2, 0.25) is 15.1 Å². The first-order valence-corrected chi connectivity index (χ1v) is 12.4. The van der Waals surface area contributed by atoms with Crippen molar-refractivity contribution in [1.82, 2.24) is 10.2 Å². The number of amides is 2. The third-order valence-corrected chi connectivity index (χ3v) is 6.16. The second kappa shape index (κ2) is 13.4. The van der Waals surface area contributed by atoms with Crippen molar-refractivity contribution < 1.29 is 14.3 Å². The number of halogens is 3. The van der Waals surface area contributed by atoms with Crippen LogP contribution < -0.4 is 10.1 Å². The minimum Gasteiger partial charge on any atom is -0.484 e. The standard InChI is InChI=1S/C27H27Cl3N2O3/c1-2-13-31-27(34)25(14-19-7-4-3-5-8-19)32(17-20-11-12-22(29)16-24(20)30)26(33)18-35-23-10-6-9-21(28)15-23/h3-12,15-16,25H,2,13-14,17-18H2,1H3,(H,31,34)/t25-/m1/s1. The molecule has 0 radical (unpaired) electrons. The Hall–Kier alpha value is -2.73. The third-order valence-electron chi connectivity index (χ3n) is 5.33. The highest BCUT2D eigenvalue weighted by Crippen LogP contribution is 2.24. The van der Waals surface area contributed by atoms with Crippen molar-refractivity contribution in [2.24, 2.45) is 0 Å². The fourth-order valence-corrected chi connectivity index (χ4v) is 4.19. The van der Waals surface area contributed by atoms with Crippen molar-refractivity contribution >= 4 is 46.6 Å². The Kier molecular flexibility index (Phi) is 10.3. The summed E-state index contributed by atoms with van der Waals surface area (Å²) in [4.78, 5) is 28.3. The molecule has 0 saturated heterocycles. The minimum absolute atomic E-state index is 0.116. The van der Waals surface area contributed by atoms with Crippen LogP contribution in [0.1, 0.15) is 24.5 Å². The van der Waals surface area contributed by atoms with E-state index in [0.717, 1.165) is 12.0 Å². The van der Waals surface area contributed by atoms with Crippen molar-refractivity contribution in [3.63, 3.8) is 0 Å². The van der Waals surface area contributed by atoms with Crippen LogP contribution >= 0.6 is 34.8 Å². The molecule has 0 aromatic heterocycles. The molecular weight excluding hydrogens is 507 g/mol. The van der Waals surface area contributed by atoms with E-state index in [1.807, 2.05) is 37.3 Å². The van der Waals surface area contributed by atoms with E-state index >= 15 is 0 Å². The smallest absolute Gasteiger partial charge is 0.261 e. The van der Waals surface area contributed by atoms with Crippen LogP contribution in [0.25, 0.3) is 0 Å². The average molecular weight is 534 g/mol. The second-order valence-corrected chi connectivity index (χ2v) is 9.28. The lowest BCUT2D eigenvalue weighted by Gasteiger charge is -2.31. The molecule has 3 aromatic carbocycles. The lowest BCUT2D eigenvalue weighted by atomic mass is 10.0. The van der Waals surface area contributed by atoms with Crippen molar-refractivity contribution in [3.05, 3.63) is 99.0 Å². The molecule has 3 rings (SSSR count). The van der Waals surface area contributed by atoms with E-state index in [4.69, 9.17) is 39.5 Å². The SMILES string of the molecule is CCCNC(=O)[C@@H](Cc1ccccc1)N(Cc1ccc(Cl)cc1Cl)C(=O)COc1cccc(Cl)c1. The molecule has 5 nitrogen and oxygen atoms in total. The first-order chi connectivity index (χ1) is 16.9. The summed E-state index contributed by atoms with van der Waals surface area (Å²) in [5.41, 5.74) is 1.61. The highest BCUT2D eigenvalue weighted by molar-refractivity contribution is 6.35. The van der Waals surface area contributed by atoms with Gasteiger partial charge in [0.05, 0.1) is 0 Å². The van der Waals surface area contributed by atoms with Crippen LogP contribution in [0, 0.1) is 0 Å². The van der Waals surface area contributed by atoms with Crippen LogP contribution in [-0.2, 0) is 22.6 Å². The van der Waals surface area contributed by atoms with E-state index in [-0.39, 0.29) is 25.0 Å². The molecule has 0 aliphatic heterocycles. The highest BCUT2D eigenvalue weighted by atomic mass is 35.5. The van der Waals surface area contributed by atoms with Gasteiger partial charge >= 0.3 is 0 Å². The van der Waals surface area contributed by atoms with Gasteiger partial charge in [-0.25, -0.2) is 0 Å². The maximum atomic E-state index is 13.5. The molecule has 0 aliphatic rings. The number of benzene rings is 3. The number of nitrogens with zero attached hydrogens (tertiary/aromatic N) is 1. The van der Waals surface area contributed by atoms with Crippen LogP contribution in [0.15, 0.2) is 72.8 Å². The topological polar surface area (TPSA) is 58.6 Å². The van der Waals surface area contributed by atoms with Crippen molar-refractivity contribution in [1.29, 1.82) is 0 Å². The van der Waals surface area contributed by atoms with Gasteiger partial charge in [0.2, 0.25) is 5.91 Å². The quantitative estimate of drug-likeness (QED) is 0.320. The van der Waals surface area contributed by atoms with Crippen LogP contribution in [0.3, 0.4) is 0 Å².